The molecule has 18 heavy (non-hydrogen) atoms. The minimum atomic E-state index is -0.000314. The van der Waals surface area contributed by atoms with E-state index in [2.05, 4.69) is 13.8 Å². The molecule has 0 amide bonds. The van der Waals surface area contributed by atoms with Crippen molar-refractivity contribution >= 4 is 5.97 Å². The summed E-state index contributed by atoms with van der Waals surface area (Å²) < 4.78 is 5.30. The number of carbonyl (C=O) groups is 1. The Bertz CT molecular complexity index is 190. The molecule has 0 bridgehead atoms. The normalized spacial score (nSPS) is 12.4. The molecule has 0 spiro atoms. The van der Waals surface area contributed by atoms with Crippen LogP contribution in [0.2, 0.25) is 0 Å². The molecule has 0 saturated carbocycles. The molecule has 0 N–H and O–H groups in total. The highest BCUT2D eigenvalue weighted by Gasteiger charge is 2.13. The van der Waals surface area contributed by atoms with Gasteiger partial charge in [0.15, 0.2) is 0 Å². The van der Waals surface area contributed by atoms with Crippen LogP contribution in [0.15, 0.2) is 0 Å². The summed E-state index contributed by atoms with van der Waals surface area (Å²) in [6, 6.07) is 0. The first-order valence-corrected chi connectivity index (χ1v) is 7.89. The number of carbonyl (C=O) groups excluding carboxylic acids is 1. The van der Waals surface area contributed by atoms with Gasteiger partial charge in [-0.3, -0.25) is 4.79 Å². The van der Waals surface area contributed by atoms with Gasteiger partial charge in [0.1, 0.15) is 0 Å². The lowest BCUT2D eigenvalue weighted by Gasteiger charge is -2.11. The van der Waals surface area contributed by atoms with E-state index in [0.29, 0.717) is 6.61 Å². The summed E-state index contributed by atoms with van der Waals surface area (Å²) >= 11 is 0. The van der Waals surface area contributed by atoms with Crippen LogP contribution in [0.25, 0.3) is 0 Å². The van der Waals surface area contributed by atoms with Crippen molar-refractivity contribution in [2.24, 2.45) is 5.92 Å². The van der Waals surface area contributed by atoms with Gasteiger partial charge in [-0.25, -0.2) is 0 Å². The van der Waals surface area contributed by atoms with Crippen molar-refractivity contribution in [3.63, 3.8) is 0 Å². The van der Waals surface area contributed by atoms with Crippen molar-refractivity contribution in [2.75, 3.05) is 6.61 Å². The standard InChI is InChI=1S/C16H32O2/c1-4-6-8-9-10-12-14-18-16(17)15(3)13-11-7-5-2/h15H,4-14H2,1-3H3. The van der Waals surface area contributed by atoms with E-state index < -0.39 is 0 Å². The smallest absolute Gasteiger partial charge is 0.308 e. The van der Waals surface area contributed by atoms with Gasteiger partial charge in [0, 0.05) is 0 Å². The molecule has 0 saturated heterocycles. The molecular formula is C16H32O2. The molecule has 1 atom stereocenters. The van der Waals surface area contributed by atoms with Crippen LogP contribution < -0.4 is 0 Å². The Hall–Kier alpha value is -0.530. The third kappa shape index (κ3) is 10.6. The number of hydrogen-bond donors (Lipinski definition) is 0. The fourth-order valence-corrected chi connectivity index (χ4v) is 2.02. The molecule has 1 unspecified atom stereocenters. The predicted octanol–water partition coefficient (Wildman–Crippen LogP) is 5.11. The van der Waals surface area contributed by atoms with Crippen LogP contribution in [0.3, 0.4) is 0 Å². The van der Waals surface area contributed by atoms with Crippen LogP contribution in [0.1, 0.15) is 85.0 Å². The third-order valence-electron chi connectivity index (χ3n) is 3.39. The molecule has 0 aliphatic rings. The highest BCUT2D eigenvalue weighted by Crippen LogP contribution is 2.11. The molecule has 108 valence electrons. The maximum atomic E-state index is 11.7. The minimum absolute atomic E-state index is 0.000314. The van der Waals surface area contributed by atoms with E-state index in [4.69, 9.17) is 4.74 Å². The molecule has 2 heteroatoms. The summed E-state index contributed by atoms with van der Waals surface area (Å²) in [6.07, 6.45) is 12.0. The van der Waals surface area contributed by atoms with Crippen molar-refractivity contribution in [1.82, 2.24) is 0 Å². The molecule has 0 aromatic rings. The van der Waals surface area contributed by atoms with E-state index in [1.54, 1.807) is 0 Å². The zero-order valence-corrected chi connectivity index (χ0v) is 12.7. The van der Waals surface area contributed by atoms with E-state index >= 15 is 0 Å². The van der Waals surface area contributed by atoms with Crippen LogP contribution in [-0.4, -0.2) is 12.6 Å². The lowest BCUT2D eigenvalue weighted by atomic mass is 10.0. The summed E-state index contributed by atoms with van der Waals surface area (Å²) in [5.41, 5.74) is 0. The van der Waals surface area contributed by atoms with E-state index in [9.17, 15) is 4.79 Å². The average Bonchev–Trinajstić information content (AvgIpc) is 2.37. The molecule has 0 aromatic heterocycles. The van der Waals surface area contributed by atoms with Crippen molar-refractivity contribution in [3.8, 4) is 0 Å². The molecule has 0 aliphatic heterocycles. The fraction of sp³-hybridized carbons (Fsp3) is 0.938. The predicted molar refractivity (Wildman–Crippen MR) is 77.6 cm³/mol. The van der Waals surface area contributed by atoms with Gasteiger partial charge in [-0.2, -0.15) is 0 Å². The van der Waals surface area contributed by atoms with Gasteiger partial charge in [-0.1, -0.05) is 72.1 Å². The fourth-order valence-electron chi connectivity index (χ4n) is 2.02. The van der Waals surface area contributed by atoms with E-state index in [1.165, 1.54) is 44.9 Å². The maximum absolute atomic E-state index is 11.7. The Kier molecular flexibility index (Phi) is 12.5. The van der Waals surface area contributed by atoms with Gasteiger partial charge in [0.25, 0.3) is 0 Å². The number of unbranched alkanes of at least 4 members (excludes halogenated alkanes) is 7. The third-order valence-corrected chi connectivity index (χ3v) is 3.39. The van der Waals surface area contributed by atoms with Crippen LogP contribution in [0.4, 0.5) is 0 Å². The van der Waals surface area contributed by atoms with Gasteiger partial charge in [0.05, 0.1) is 12.5 Å². The Morgan fingerprint density at radius 2 is 1.44 bits per heavy atom. The number of hydrogen-bond acceptors (Lipinski definition) is 2. The van der Waals surface area contributed by atoms with Gasteiger partial charge in [-0.15, -0.1) is 0 Å². The van der Waals surface area contributed by atoms with Crippen LogP contribution in [0, 0.1) is 5.92 Å². The average molecular weight is 256 g/mol. The quantitative estimate of drug-likeness (QED) is 0.358. The Morgan fingerprint density at radius 1 is 0.889 bits per heavy atom. The molecule has 0 rings (SSSR count). The van der Waals surface area contributed by atoms with Crippen molar-refractivity contribution in [1.29, 1.82) is 0 Å². The lowest BCUT2D eigenvalue weighted by Crippen LogP contribution is -2.15. The number of rotatable bonds is 12. The van der Waals surface area contributed by atoms with Gasteiger partial charge < -0.3 is 4.74 Å². The van der Waals surface area contributed by atoms with Crippen molar-refractivity contribution < 1.29 is 9.53 Å². The first kappa shape index (κ1) is 17.5. The van der Waals surface area contributed by atoms with E-state index in [-0.39, 0.29) is 11.9 Å². The highest BCUT2D eigenvalue weighted by atomic mass is 16.5. The molecular weight excluding hydrogens is 224 g/mol. The minimum Gasteiger partial charge on any atom is -0.465 e. The molecule has 0 heterocycles. The second kappa shape index (κ2) is 12.9. The largest absolute Gasteiger partial charge is 0.465 e. The van der Waals surface area contributed by atoms with Crippen molar-refractivity contribution in [2.45, 2.75) is 85.0 Å². The second-order valence-corrected chi connectivity index (χ2v) is 5.33. The molecule has 0 aromatic carbocycles. The first-order chi connectivity index (χ1) is 8.72. The summed E-state index contributed by atoms with van der Waals surface area (Å²) in [5, 5.41) is 0. The zero-order chi connectivity index (χ0) is 13.6. The molecule has 0 aliphatic carbocycles. The summed E-state index contributed by atoms with van der Waals surface area (Å²) in [7, 11) is 0. The van der Waals surface area contributed by atoms with Gasteiger partial charge >= 0.3 is 5.97 Å². The first-order valence-electron chi connectivity index (χ1n) is 7.89. The molecule has 0 radical (unpaired) electrons. The topological polar surface area (TPSA) is 26.3 Å². The van der Waals surface area contributed by atoms with Crippen LogP contribution >= 0.6 is 0 Å². The summed E-state index contributed by atoms with van der Waals surface area (Å²) in [5.74, 6) is 0.0799. The maximum Gasteiger partial charge on any atom is 0.308 e. The van der Waals surface area contributed by atoms with E-state index in [1.807, 2.05) is 6.92 Å². The second-order valence-electron chi connectivity index (χ2n) is 5.33. The number of esters is 1. The Labute approximate surface area is 113 Å². The van der Waals surface area contributed by atoms with Crippen LogP contribution in [-0.2, 0) is 9.53 Å². The highest BCUT2D eigenvalue weighted by molar-refractivity contribution is 5.71. The number of ether oxygens (including phenoxy) is 1. The molecule has 2 nitrogen and oxygen atoms in total. The van der Waals surface area contributed by atoms with Gasteiger partial charge in [0.2, 0.25) is 0 Å². The Morgan fingerprint density at radius 3 is 2.11 bits per heavy atom. The SMILES string of the molecule is CCCCCCCCOC(=O)C(C)CCCCC. The molecule has 0 fully saturated rings. The summed E-state index contributed by atoms with van der Waals surface area (Å²) in [6.45, 7) is 7.01. The van der Waals surface area contributed by atoms with E-state index in [0.717, 1.165) is 19.3 Å². The summed E-state index contributed by atoms with van der Waals surface area (Å²) in [4.78, 5) is 11.7. The van der Waals surface area contributed by atoms with Crippen molar-refractivity contribution in [3.05, 3.63) is 0 Å². The lowest BCUT2D eigenvalue weighted by molar-refractivity contribution is -0.148. The zero-order valence-electron chi connectivity index (χ0n) is 12.7. The van der Waals surface area contributed by atoms with Gasteiger partial charge in [-0.05, 0) is 12.8 Å². The monoisotopic (exact) mass is 256 g/mol. The van der Waals surface area contributed by atoms with Crippen LogP contribution in [0.5, 0.6) is 0 Å². The Balaban J connectivity index is 3.35.